The Bertz CT molecular complexity index is 610. The van der Waals surface area contributed by atoms with Gasteiger partial charge in [-0.25, -0.2) is 9.97 Å². The first-order valence-electron chi connectivity index (χ1n) is 7.25. The molecule has 1 aromatic rings. The fourth-order valence-electron chi connectivity index (χ4n) is 3.17. The zero-order chi connectivity index (χ0) is 16.7. The molecule has 3 heterocycles. The van der Waals surface area contributed by atoms with Crippen LogP contribution in [-0.4, -0.2) is 60.7 Å². The van der Waals surface area contributed by atoms with Gasteiger partial charge in [-0.05, 0) is 0 Å². The number of rotatable bonds is 1. The summed E-state index contributed by atoms with van der Waals surface area (Å²) < 4.78 is 44.1. The van der Waals surface area contributed by atoms with Gasteiger partial charge < -0.3 is 14.5 Å². The second-order valence-corrected chi connectivity index (χ2v) is 6.16. The van der Waals surface area contributed by atoms with E-state index in [0.29, 0.717) is 39.3 Å². The predicted octanol–water partition coefficient (Wildman–Crippen LogP) is 1.18. The highest BCUT2D eigenvalue weighted by molar-refractivity contribution is 5.79. The van der Waals surface area contributed by atoms with Gasteiger partial charge in [0.05, 0.1) is 13.2 Å². The van der Waals surface area contributed by atoms with Crippen molar-refractivity contribution in [3.05, 3.63) is 18.1 Å². The maximum absolute atomic E-state index is 12.8. The Hall–Kier alpha value is -1.90. The lowest BCUT2D eigenvalue weighted by Crippen LogP contribution is -2.40. The van der Waals surface area contributed by atoms with Crippen molar-refractivity contribution in [3.8, 4) is 0 Å². The maximum Gasteiger partial charge on any atom is 0.433 e. The SMILES string of the molecule is CN1C[C@]2(COCCN(c3cc(C(F)(F)F)ncn3)C2)CC1=O. The van der Waals surface area contributed by atoms with Gasteiger partial charge in [-0.15, -0.1) is 0 Å². The third-order valence-corrected chi connectivity index (χ3v) is 4.23. The van der Waals surface area contributed by atoms with E-state index in [1.807, 2.05) is 0 Å². The molecule has 6 nitrogen and oxygen atoms in total. The summed E-state index contributed by atoms with van der Waals surface area (Å²) >= 11 is 0. The van der Waals surface area contributed by atoms with Crippen molar-refractivity contribution in [2.75, 3.05) is 44.8 Å². The highest BCUT2D eigenvalue weighted by Gasteiger charge is 2.44. The molecular weight excluding hydrogens is 313 g/mol. The summed E-state index contributed by atoms with van der Waals surface area (Å²) in [6.07, 6.45) is -3.26. The number of hydrogen-bond acceptors (Lipinski definition) is 5. The van der Waals surface area contributed by atoms with Crippen LogP contribution in [0.4, 0.5) is 19.0 Å². The van der Waals surface area contributed by atoms with Gasteiger partial charge in [0.2, 0.25) is 5.91 Å². The molecule has 1 atom stereocenters. The van der Waals surface area contributed by atoms with Gasteiger partial charge in [0.25, 0.3) is 0 Å². The van der Waals surface area contributed by atoms with Gasteiger partial charge in [0.1, 0.15) is 17.8 Å². The van der Waals surface area contributed by atoms with Crippen molar-refractivity contribution in [2.45, 2.75) is 12.6 Å². The highest BCUT2D eigenvalue weighted by atomic mass is 19.4. The normalized spacial score (nSPS) is 26.0. The Kier molecular flexibility index (Phi) is 3.91. The average Bonchev–Trinajstić information content (AvgIpc) is 2.65. The molecule has 0 bridgehead atoms. The minimum atomic E-state index is -4.51. The molecule has 2 aliphatic rings. The number of carbonyl (C=O) groups is 1. The molecule has 9 heteroatoms. The summed E-state index contributed by atoms with van der Waals surface area (Å²) in [7, 11) is 1.72. The van der Waals surface area contributed by atoms with Gasteiger partial charge in [-0.2, -0.15) is 13.2 Å². The van der Waals surface area contributed by atoms with E-state index in [1.54, 1.807) is 16.8 Å². The Morgan fingerprint density at radius 3 is 2.74 bits per heavy atom. The van der Waals surface area contributed by atoms with Crippen LogP contribution >= 0.6 is 0 Å². The topological polar surface area (TPSA) is 58.6 Å². The number of anilines is 1. The van der Waals surface area contributed by atoms with E-state index in [1.165, 1.54) is 0 Å². The second-order valence-electron chi connectivity index (χ2n) is 6.16. The molecule has 2 fully saturated rings. The van der Waals surface area contributed by atoms with E-state index >= 15 is 0 Å². The predicted molar refractivity (Wildman–Crippen MR) is 74.8 cm³/mol. The lowest BCUT2D eigenvalue weighted by molar-refractivity contribution is -0.141. The molecule has 3 rings (SSSR count). The number of alkyl halides is 3. The number of carbonyl (C=O) groups excluding carboxylic acids is 1. The van der Waals surface area contributed by atoms with E-state index in [2.05, 4.69) is 9.97 Å². The third kappa shape index (κ3) is 3.24. The average molecular weight is 330 g/mol. The standard InChI is InChI=1S/C14H17F3N4O2/c1-20-6-13(5-12(20)22)7-21(2-3-23-8-13)11-4-10(14(15,16)17)18-9-19-11/h4,9H,2-3,5-8H2,1H3/t13-/m1/s1. The summed E-state index contributed by atoms with van der Waals surface area (Å²) in [6.45, 7) is 2.17. The van der Waals surface area contributed by atoms with Gasteiger partial charge in [0, 0.05) is 44.6 Å². The van der Waals surface area contributed by atoms with Gasteiger partial charge in [-0.3, -0.25) is 4.79 Å². The zero-order valence-electron chi connectivity index (χ0n) is 12.6. The number of amides is 1. The molecule has 1 amide bonds. The summed E-state index contributed by atoms with van der Waals surface area (Å²) in [5, 5.41) is 0. The molecule has 0 saturated carbocycles. The van der Waals surface area contributed by atoms with Crippen molar-refractivity contribution >= 4 is 11.7 Å². The van der Waals surface area contributed by atoms with Crippen molar-refractivity contribution in [2.24, 2.45) is 5.41 Å². The largest absolute Gasteiger partial charge is 0.433 e. The smallest absolute Gasteiger partial charge is 0.379 e. The molecule has 0 aromatic carbocycles. The number of aromatic nitrogens is 2. The summed E-state index contributed by atoms with van der Waals surface area (Å²) in [6, 6.07) is 0.944. The van der Waals surface area contributed by atoms with Gasteiger partial charge in [-0.1, -0.05) is 0 Å². The zero-order valence-corrected chi connectivity index (χ0v) is 12.6. The van der Waals surface area contributed by atoms with Gasteiger partial charge >= 0.3 is 6.18 Å². The van der Waals surface area contributed by atoms with Crippen molar-refractivity contribution in [1.82, 2.24) is 14.9 Å². The quantitative estimate of drug-likeness (QED) is 0.774. The van der Waals surface area contributed by atoms with E-state index in [-0.39, 0.29) is 11.7 Å². The fraction of sp³-hybridized carbons (Fsp3) is 0.643. The Morgan fingerprint density at radius 1 is 1.30 bits per heavy atom. The van der Waals surface area contributed by atoms with Crippen molar-refractivity contribution in [3.63, 3.8) is 0 Å². The lowest BCUT2D eigenvalue weighted by atomic mass is 9.87. The number of likely N-dealkylation sites (tertiary alicyclic amines) is 1. The van der Waals surface area contributed by atoms with Gasteiger partial charge in [0.15, 0.2) is 0 Å². The van der Waals surface area contributed by atoms with E-state index in [9.17, 15) is 18.0 Å². The molecular formula is C14H17F3N4O2. The minimum absolute atomic E-state index is 0.0223. The van der Waals surface area contributed by atoms with E-state index < -0.39 is 17.3 Å². The first-order chi connectivity index (χ1) is 10.8. The molecule has 0 N–H and O–H groups in total. The molecule has 23 heavy (non-hydrogen) atoms. The third-order valence-electron chi connectivity index (χ3n) is 4.23. The molecule has 1 spiro atoms. The summed E-state index contributed by atoms with van der Waals surface area (Å²) in [4.78, 5) is 22.5. The summed E-state index contributed by atoms with van der Waals surface area (Å²) in [5.41, 5.74) is -1.38. The number of halogens is 3. The van der Waals surface area contributed by atoms with Crippen LogP contribution in [0.2, 0.25) is 0 Å². The highest BCUT2D eigenvalue weighted by Crippen LogP contribution is 2.35. The monoisotopic (exact) mass is 330 g/mol. The number of ether oxygens (including phenoxy) is 1. The Morgan fingerprint density at radius 2 is 2.09 bits per heavy atom. The molecule has 0 aliphatic carbocycles. The summed E-state index contributed by atoms with van der Waals surface area (Å²) in [5.74, 6) is 0.230. The fourth-order valence-corrected chi connectivity index (χ4v) is 3.17. The minimum Gasteiger partial charge on any atom is -0.379 e. The van der Waals surface area contributed by atoms with Crippen LogP contribution in [0, 0.1) is 5.41 Å². The van der Waals surface area contributed by atoms with Crippen LogP contribution < -0.4 is 4.90 Å². The van der Waals surface area contributed by atoms with Crippen LogP contribution in [0.25, 0.3) is 0 Å². The van der Waals surface area contributed by atoms with E-state index in [0.717, 1.165) is 12.4 Å². The van der Waals surface area contributed by atoms with Crippen molar-refractivity contribution in [1.29, 1.82) is 0 Å². The molecule has 2 saturated heterocycles. The van der Waals surface area contributed by atoms with Crippen LogP contribution in [0.5, 0.6) is 0 Å². The maximum atomic E-state index is 12.8. The molecule has 0 unspecified atom stereocenters. The number of hydrogen-bond donors (Lipinski definition) is 0. The van der Waals surface area contributed by atoms with Crippen LogP contribution in [0.3, 0.4) is 0 Å². The Balaban J connectivity index is 1.86. The second kappa shape index (κ2) is 5.63. The molecule has 2 aliphatic heterocycles. The molecule has 126 valence electrons. The Labute approximate surface area is 131 Å². The van der Waals surface area contributed by atoms with Crippen LogP contribution in [-0.2, 0) is 15.7 Å². The van der Waals surface area contributed by atoms with Crippen LogP contribution in [0.1, 0.15) is 12.1 Å². The number of nitrogens with zero attached hydrogens (tertiary/aromatic N) is 4. The first-order valence-corrected chi connectivity index (χ1v) is 7.25. The molecule has 1 aromatic heterocycles. The first kappa shape index (κ1) is 16.0. The van der Waals surface area contributed by atoms with Crippen molar-refractivity contribution < 1.29 is 22.7 Å². The lowest BCUT2D eigenvalue weighted by Gasteiger charge is -2.31. The molecule has 0 radical (unpaired) electrons. The van der Waals surface area contributed by atoms with Crippen LogP contribution in [0.15, 0.2) is 12.4 Å². The van der Waals surface area contributed by atoms with E-state index in [4.69, 9.17) is 4.74 Å².